The molecule has 10 heteroatoms. The number of nitrogen functional groups attached to an aromatic ring is 1. The first-order valence-electron chi connectivity index (χ1n) is 12.2. The van der Waals surface area contributed by atoms with Crippen molar-refractivity contribution in [2.75, 3.05) is 5.73 Å². The zero-order chi connectivity index (χ0) is 24.4. The molecule has 0 radical (unpaired) electrons. The van der Waals surface area contributed by atoms with Crippen LogP contribution in [0.5, 0.6) is 0 Å². The van der Waals surface area contributed by atoms with Gasteiger partial charge >= 0.3 is 0 Å². The monoisotopic (exact) mass is 496 g/mol. The smallest absolute Gasteiger partial charge is 0.242 e. The molecule has 1 saturated heterocycles. The molecule has 1 aliphatic heterocycles. The minimum absolute atomic E-state index is 0.0781. The maximum Gasteiger partial charge on any atom is 0.242 e. The Morgan fingerprint density at radius 1 is 1.09 bits per heavy atom. The molecular formula is C25H30N5O4S+. The van der Waals surface area contributed by atoms with Crippen LogP contribution in [0.4, 0.5) is 5.82 Å². The van der Waals surface area contributed by atoms with Crippen molar-refractivity contribution >= 4 is 26.6 Å². The van der Waals surface area contributed by atoms with Gasteiger partial charge in [-0.3, -0.25) is 4.68 Å². The van der Waals surface area contributed by atoms with Crippen LogP contribution in [0.1, 0.15) is 44.9 Å². The summed E-state index contributed by atoms with van der Waals surface area (Å²) in [6.45, 7) is 0. The lowest BCUT2D eigenvalue weighted by molar-refractivity contribution is -0.720. The number of nitrogens with two attached hydrogens (primary N) is 1. The van der Waals surface area contributed by atoms with Crippen LogP contribution >= 0.6 is 0 Å². The van der Waals surface area contributed by atoms with E-state index >= 15 is 0 Å². The van der Waals surface area contributed by atoms with Gasteiger partial charge in [-0.15, -0.1) is 0 Å². The topological polar surface area (TPSA) is 119 Å². The van der Waals surface area contributed by atoms with Gasteiger partial charge in [0.15, 0.2) is 15.7 Å². The summed E-state index contributed by atoms with van der Waals surface area (Å²) < 4.78 is 28.6. The molecule has 2 heterocycles. The lowest BCUT2D eigenvalue weighted by Gasteiger charge is -2.40. The maximum atomic E-state index is 13.4. The summed E-state index contributed by atoms with van der Waals surface area (Å²) in [5.74, 6) is 0.901. The Bertz CT molecular complexity index is 1400. The Balaban J connectivity index is 1.17. The van der Waals surface area contributed by atoms with Gasteiger partial charge in [0.25, 0.3) is 0 Å². The van der Waals surface area contributed by atoms with E-state index in [0.29, 0.717) is 48.7 Å². The molecule has 0 bridgehead atoms. The van der Waals surface area contributed by atoms with E-state index in [1.807, 2.05) is 37.4 Å². The lowest BCUT2D eigenvalue weighted by Crippen LogP contribution is -2.56. The normalized spacial score (nSPS) is 27.3. The van der Waals surface area contributed by atoms with E-state index in [-0.39, 0.29) is 6.04 Å². The third kappa shape index (κ3) is 3.88. The molecule has 2 saturated carbocycles. The lowest BCUT2D eigenvalue weighted by atomic mass is 9.79. The number of nitrogens with one attached hydrogen (secondary N) is 1. The molecule has 184 valence electrons. The number of hydrazine groups is 1. The van der Waals surface area contributed by atoms with Gasteiger partial charge in [0, 0.05) is 24.8 Å². The third-order valence-corrected chi connectivity index (χ3v) is 10.4. The van der Waals surface area contributed by atoms with Gasteiger partial charge in [0.1, 0.15) is 10.5 Å². The fourth-order valence-electron chi connectivity index (χ4n) is 5.79. The highest BCUT2D eigenvalue weighted by molar-refractivity contribution is 7.92. The van der Waals surface area contributed by atoms with Gasteiger partial charge in [0.05, 0.1) is 20.6 Å². The van der Waals surface area contributed by atoms with Crippen LogP contribution in [0.15, 0.2) is 47.4 Å². The van der Waals surface area contributed by atoms with Gasteiger partial charge < -0.3 is 5.73 Å². The van der Waals surface area contributed by atoms with Gasteiger partial charge in [-0.25, -0.2) is 13.3 Å². The fourth-order valence-corrected chi connectivity index (χ4v) is 7.55. The molecular weight excluding hydrogens is 466 g/mol. The first-order chi connectivity index (χ1) is 16.8. The van der Waals surface area contributed by atoms with Crippen molar-refractivity contribution in [2.24, 2.45) is 13.0 Å². The van der Waals surface area contributed by atoms with E-state index < -0.39 is 20.7 Å². The van der Waals surface area contributed by atoms with E-state index in [2.05, 4.69) is 10.7 Å². The van der Waals surface area contributed by atoms with Crippen molar-refractivity contribution in [2.45, 2.75) is 66.7 Å². The second-order valence-electron chi connectivity index (χ2n) is 10.3. The number of aryl methyl sites for hydroxylation is 1. The van der Waals surface area contributed by atoms with E-state index in [1.165, 1.54) is 0 Å². The molecule has 1 atom stereocenters. The second-order valence-corrected chi connectivity index (χ2v) is 12.5. The molecule has 3 fully saturated rings. The van der Waals surface area contributed by atoms with Crippen molar-refractivity contribution in [3.8, 4) is 11.1 Å². The standard InChI is InChI=1S/C25H30N5O4S/c1-29-22-9-6-18(14-21(22)24(26)27-29)16-4-7-19(8-5-16)35(32,33)20-10-12-25(13-11-20)15-23(17-2-3-17)30(31)28-34-25/h4-9,14,17,20,23H,2-3,10-13,15H2,1H3,(H2,26,27)(H,28,31)/q+1. The Morgan fingerprint density at radius 3 is 2.46 bits per heavy atom. The molecule has 2 aromatic carbocycles. The second kappa shape index (κ2) is 8.03. The molecule has 1 aromatic heterocycles. The summed E-state index contributed by atoms with van der Waals surface area (Å²) in [4.78, 5) is 19.0. The average Bonchev–Trinajstić information content (AvgIpc) is 3.67. The minimum atomic E-state index is -3.46. The van der Waals surface area contributed by atoms with Crippen LogP contribution in [0.3, 0.4) is 0 Å². The van der Waals surface area contributed by atoms with Crippen molar-refractivity contribution < 1.29 is 18.1 Å². The zero-order valence-electron chi connectivity index (χ0n) is 19.7. The van der Waals surface area contributed by atoms with Gasteiger partial charge in [-0.1, -0.05) is 18.2 Å². The van der Waals surface area contributed by atoms with Crippen LogP contribution in [0.25, 0.3) is 22.0 Å². The predicted octanol–water partition coefficient (Wildman–Crippen LogP) is 3.68. The first-order valence-corrected chi connectivity index (χ1v) is 13.8. The van der Waals surface area contributed by atoms with Gasteiger partial charge in [-0.05, 0) is 79.5 Å². The Kier molecular flexibility index (Phi) is 5.16. The van der Waals surface area contributed by atoms with Crippen molar-refractivity contribution in [3.63, 3.8) is 0 Å². The molecule has 0 amide bonds. The van der Waals surface area contributed by atoms with E-state index in [9.17, 15) is 13.3 Å². The number of aromatic nitrogens is 2. The van der Waals surface area contributed by atoms with Crippen LogP contribution in [-0.4, -0.2) is 40.0 Å². The highest BCUT2D eigenvalue weighted by atomic mass is 32.2. The third-order valence-electron chi connectivity index (χ3n) is 8.08. The van der Waals surface area contributed by atoms with Crippen LogP contribution in [-0.2, 0) is 21.7 Å². The number of nitrogens with zero attached hydrogens (tertiary/aromatic N) is 3. The number of hydrogen-bond acceptors (Lipinski definition) is 6. The number of rotatable bonds is 4. The number of hydrogen-bond donors (Lipinski definition) is 2. The van der Waals surface area contributed by atoms with Crippen molar-refractivity contribution in [1.29, 1.82) is 0 Å². The highest BCUT2D eigenvalue weighted by Gasteiger charge is 2.54. The summed E-state index contributed by atoms with van der Waals surface area (Å²) in [6, 6.07) is 13.0. The average molecular weight is 497 g/mol. The summed E-state index contributed by atoms with van der Waals surface area (Å²) in [7, 11) is -1.61. The number of anilines is 1. The number of nitroso groups, excluding NO2 is 1. The molecule has 2 aliphatic carbocycles. The van der Waals surface area contributed by atoms with Crippen molar-refractivity contribution in [1.82, 2.24) is 15.4 Å². The van der Waals surface area contributed by atoms with Crippen molar-refractivity contribution in [3.05, 3.63) is 47.4 Å². The Morgan fingerprint density at radius 2 is 1.77 bits per heavy atom. The van der Waals surface area contributed by atoms with E-state index in [1.54, 1.807) is 16.8 Å². The van der Waals surface area contributed by atoms with E-state index in [4.69, 9.17) is 10.6 Å². The highest BCUT2D eigenvalue weighted by Crippen LogP contribution is 2.45. The van der Waals surface area contributed by atoms with Crippen LogP contribution < -0.4 is 11.3 Å². The van der Waals surface area contributed by atoms with Gasteiger partial charge in [-0.2, -0.15) is 5.10 Å². The Hall–Kier alpha value is -2.98. The van der Waals surface area contributed by atoms with Gasteiger partial charge in [0.2, 0.25) is 6.04 Å². The first kappa shape index (κ1) is 22.5. The maximum absolute atomic E-state index is 13.4. The summed E-state index contributed by atoms with van der Waals surface area (Å²) in [5.41, 5.74) is 11.0. The Labute approximate surface area is 204 Å². The summed E-state index contributed by atoms with van der Waals surface area (Å²) in [6.07, 6.45) is 5.14. The molecule has 6 rings (SSSR count). The van der Waals surface area contributed by atoms with Crippen LogP contribution in [0, 0.1) is 10.8 Å². The molecule has 3 aliphatic rings. The number of sulfone groups is 1. The molecule has 3 N–H and O–H groups in total. The molecule has 1 spiro atoms. The number of benzene rings is 2. The van der Waals surface area contributed by atoms with Crippen LogP contribution in [0.2, 0.25) is 0 Å². The molecule has 1 unspecified atom stereocenters. The molecule has 3 aromatic rings. The quantitative estimate of drug-likeness (QED) is 0.529. The molecule has 35 heavy (non-hydrogen) atoms. The van der Waals surface area contributed by atoms with E-state index in [0.717, 1.165) is 39.7 Å². The summed E-state index contributed by atoms with van der Waals surface area (Å²) in [5, 5.41) is 4.69. The largest absolute Gasteiger partial charge is 0.382 e. The minimum Gasteiger partial charge on any atom is -0.382 e. The summed E-state index contributed by atoms with van der Waals surface area (Å²) >= 11 is 0. The fraction of sp³-hybridized carbons (Fsp3) is 0.480. The molecule has 9 nitrogen and oxygen atoms in total. The predicted molar refractivity (Wildman–Crippen MR) is 132 cm³/mol. The SMILES string of the molecule is Cn1nc(N)c2cc(-c3ccc(S(=O)(=O)C4CCC5(CC4)CC(C4CC4)[N+](=O)NO5)cc3)ccc21. The zero-order valence-corrected chi connectivity index (χ0v) is 20.5. The number of fused-ring (bicyclic) bond motifs is 1.